The Morgan fingerprint density at radius 3 is 2.76 bits per heavy atom. The highest BCUT2D eigenvalue weighted by molar-refractivity contribution is 5.94. The van der Waals surface area contributed by atoms with Crippen molar-refractivity contribution in [1.29, 1.82) is 0 Å². The Balaban J connectivity index is 1.40. The maximum Gasteiger partial charge on any atom is 0.253 e. The summed E-state index contributed by atoms with van der Waals surface area (Å²) in [6, 6.07) is 6.18. The first-order valence-electron chi connectivity index (χ1n) is 9.55. The van der Waals surface area contributed by atoms with E-state index in [0.717, 1.165) is 31.2 Å². The van der Waals surface area contributed by atoms with Crippen molar-refractivity contribution < 1.29 is 14.6 Å². The summed E-state index contributed by atoms with van der Waals surface area (Å²) in [5, 5.41) is 10.3. The van der Waals surface area contributed by atoms with Crippen LogP contribution in [0, 0.1) is 5.41 Å². The number of hydrogen-bond donors (Lipinski definition) is 2. The van der Waals surface area contributed by atoms with E-state index in [1.54, 1.807) is 0 Å². The first-order valence-corrected chi connectivity index (χ1v) is 9.55. The first kappa shape index (κ1) is 17.0. The van der Waals surface area contributed by atoms with Gasteiger partial charge >= 0.3 is 0 Å². The van der Waals surface area contributed by atoms with Gasteiger partial charge in [0, 0.05) is 37.0 Å². The van der Waals surface area contributed by atoms with Crippen molar-refractivity contribution in [2.24, 2.45) is 11.1 Å². The number of aliphatic hydroxyl groups excluding tert-OH is 1. The number of aliphatic hydroxyl groups is 1. The number of nitrogens with zero attached hydrogens (tertiary/aromatic N) is 1. The van der Waals surface area contributed by atoms with Crippen LogP contribution in [0.1, 0.15) is 47.2 Å². The van der Waals surface area contributed by atoms with Crippen LogP contribution in [-0.2, 0) is 17.6 Å². The Labute approximate surface area is 149 Å². The molecule has 1 aromatic rings. The predicted molar refractivity (Wildman–Crippen MR) is 95.5 cm³/mol. The number of benzene rings is 1. The molecule has 3 N–H and O–H groups in total. The summed E-state index contributed by atoms with van der Waals surface area (Å²) in [6.45, 7) is 2.42. The van der Waals surface area contributed by atoms with E-state index < -0.39 is 0 Å². The minimum Gasteiger partial charge on any atom is -0.392 e. The summed E-state index contributed by atoms with van der Waals surface area (Å²) in [5.74, 6) is 0.123. The van der Waals surface area contributed by atoms with Gasteiger partial charge in [-0.2, -0.15) is 0 Å². The number of fused-ring (bicyclic) bond motifs is 1. The zero-order chi connectivity index (χ0) is 17.4. The third-order valence-electron chi connectivity index (χ3n) is 6.51. The Bertz CT molecular complexity index is 652. The standard InChI is InChI=1S/C20H28N2O3/c21-8-11-25-18-13-17(23)20(18)6-9-22(10-7-20)19(24)16-5-4-14-2-1-3-15(14)12-16/h4-5,12,17-18,23H,1-3,6-11,13,21H2/t17-,18+/m0/s1. The number of carbonyl (C=O) groups is 1. The van der Waals surface area contributed by atoms with Gasteiger partial charge in [0.1, 0.15) is 0 Å². The fourth-order valence-corrected chi connectivity index (χ4v) is 4.84. The third kappa shape index (κ3) is 2.88. The molecule has 2 aliphatic carbocycles. The fraction of sp³-hybridized carbons (Fsp3) is 0.650. The third-order valence-corrected chi connectivity index (χ3v) is 6.51. The summed E-state index contributed by atoms with van der Waals surface area (Å²) < 4.78 is 5.83. The van der Waals surface area contributed by atoms with E-state index in [2.05, 4.69) is 12.1 Å². The lowest BCUT2D eigenvalue weighted by Gasteiger charge is -2.56. The molecule has 5 nitrogen and oxygen atoms in total. The predicted octanol–water partition coefficient (Wildman–Crippen LogP) is 1.51. The van der Waals surface area contributed by atoms with E-state index in [9.17, 15) is 9.90 Å². The van der Waals surface area contributed by atoms with Gasteiger partial charge in [-0.3, -0.25) is 4.79 Å². The molecule has 1 spiro atoms. The van der Waals surface area contributed by atoms with Crippen LogP contribution < -0.4 is 5.73 Å². The second kappa shape index (κ2) is 6.71. The SMILES string of the molecule is NCCO[C@@H]1C[C@H](O)C12CCN(C(=O)c1ccc3c(c1)CCC3)CC2. The van der Waals surface area contributed by atoms with Crippen molar-refractivity contribution in [2.45, 2.75) is 50.7 Å². The molecular formula is C20H28N2O3. The van der Waals surface area contributed by atoms with E-state index in [-0.39, 0.29) is 23.5 Å². The number of rotatable bonds is 4. The summed E-state index contributed by atoms with van der Waals surface area (Å²) in [7, 11) is 0. The molecule has 1 saturated carbocycles. The molecule has 0 bridgehead atoms. The molecule has 0 unspecified atom stereocenters. The molecule has 2 atom stereocenters. The molecule has 0 aromatic heterocycles. The topological polar surface area (TPSA) is 75.8 Å². The number of nitrogens with two attached hydrogens (primary N) is 1. The molecule has 0 radical (unpaired) electrons. The summed E-state index contributed by atoms with van der Waals surface area (Å²) in [5.41, 5.74) is 8.90. The van der Waals surface area contributed by atoms with Gasteiger partial charge in [0.15, 0.2) is 0 Å². The highest BCUT2D eigenvalue weighted by atomic mass is 16.5. The molecular weight excluding hydrogens is 316 g/mol. The van der Waals surface area contributed by atoms with Gasteiger partial charge in [0.25, 0.3) is 5.91 Å². The van der Waals surface area contributed by atoms with Crippen molar-refractivity contribution in [2.75, 3.05) is 26.2 Å². The van der Waals surface area contributed by atoms with Crippen molar-refractivity contribution in [3.8, 4) is 0 Å². The molecule has 2 fully saturated rings. The number of amides is 1. The van der Waals surface area contributed by atoms with Crippen LogP contribution in [0.3, 0.4) is 0 Å². The molecule has 1 saturated heterocycles. The van der Waals surface area contributed by atoms with Crippen LogP contribution in [0.5, 0.6) is 0 Å². The highest BCUT2D eigenvalue weighted by Gasteiger charge is 2.56. The molecule has 5 heteroatoms. The zero-order valence-corrected chi connectivity index (χ0v) is 14.7. The van der Waals surface area contributed by atoms with Gasteiger partial charge < -0.3 is 20.5 Å². The lowest BCUT2D eigenvalue weighted by atomic mass is 9.58. The number of carbonyl (C=O) groups excluding carboxylic acids is 1. The number of likely N-dealkylation sites (tertiary alicyclic amines) is 1. The Morgan fingerprint density at radius 2 is 2.04 bits per heavy atom. The maximum atomic E-state index is 12.9. The Hall–Kier alpha value is -1.43. The molecule has 1 amide bonds. The van der Waals surface area contributed by atoms with Crippen LogP contribution in [0.15, 0.2) is 18.2 Å². The fourth-order valence-electron chi connectivity index (χ4n) is 4.84. The van der Waals surface area contributed by atoms with E-state index in [0.29, 0.717) is 32.7 Å². The normalized spacial score (nSPS) is 27.2. The number of ether oxygens (including phenoxy) is 1. The quantitative estimate of drug-likeness (QED) is 0.868. The largest absolute Gasteiger partial charge is 0.392 e. The average Bonchev–Trinajstić information content (AvgIpc) is 3.12. The first-order chi connectivity index (χ1) is 12.1. The average molecular weight is 344 g/mol. The van der Waals surface area contributed by atoms with Crippen LogP contribution in [-0.4, -0.2) is 54.4 Å². The number of aryl methyl sites for hydroxylation is 2. The van der Waals surface area contributed by atoms with Gasteiger partial charge in [-0.15, -0.1) is 0 Å². The lowest BCUT2D eigenvalue weighted by molar-refractivity contribution is -0.207. The molecule has 136 valence electrons. The van der Waals surface area contributed by atoms with Gasteiger partial charge in [-0.05, 0) is 55.4 Å². The van der Waals surface area contributed by atoms with Crippen molar-refractivity contribution >= 4 is 5.91 Å². The Morgan fingerprint density at radius 1 is 1.28 bits per heavy atom. The molecule has 1 heterocycles. The van der Waals surface area contributed by atoms with E-state index in [1.807, 2.05) is 11.0 Å². The van der Waals surface area contributed by atoms with Crippen molar-refractivity contribution in [3.63, 3.8) is 0 Å². The molecule has 1 aromatic carbocycles. The molecule has 3 aliphatic rings. The summed E-state index contributed by atoms with van der Waals surface area (Å²) >= 11 is 0. The smallest absolute Gasteiger partial charge is 0.253 e. The summed E-state index contributed by atoms with van der Waals surface area (Å²) in [4.78, 5) is 14.8. The van der Waals surface area contributed by atoms with E-state index in [1.165, 1.54) is 17.5 Å². The second-order valence-electron chi connectivity index (χ2n) is 7.76. The van der Waals surface area contributed by atoms with Gasteiger partial charge in [0.2, 0.25) is 0 Å². The molecule has 25 heavy (non-hydrogen) atoms. The van der Waals surface area contributed by atoms with Crippen molar-refractivity contribution in [1.82, 2.24) is 4.90 Å². The highest BCUT2D eigenvalue weighted by Crippen LogP contribution is 2.51. The van der Waals surface area contributed by atoms with Gasteiger partial charge in [-0.25, -0.2) is 0 Å². The van der Waals surface area contributed by atoms with Crippen LogP contribution in [0.2, 0.25) is 0 Å². The molecule has 1 aliphatic heterocycles. The monoisotopic (exact) mass is 344 g/mol. The van der Waals surface area contributed by atoms with E-state index in [4.69, 9.17) is 10.5 Å². The van der Waals surface area contributed by atoms with Crippen LogP contribution in [0.4, 0.5) is 0 Å². The van der Waals surface area contributed by atoms with E-state index >= 15 is 0 Å². The maximum absolute atomic E-state index is 12.9. The second-order valence-corrected chi connectivity index (χ2v) is 7.76. The van der Waals surface area contributed by atoms with Crippen LogP contribution in [0.25, 0.3) is 0 Å². The summed E-state index contributed by atoms with van der Waals surface area (Å²) in [6.07, 6.45) is 5.50. The lowest BCUT2D eigenvalue weighted by Crippen LogP contribution is -2.62. The van der Waals surface area contributed by atoms with Crippen molar-refractivity contribution in [3.05, 3.63) is 34.9 Å². The minimum absolute atomic E-state index is 0.0864. The number of hydrogen-bond acceptors (Lipinski definition) is 4. The molecule has 4 rings (SSSR count). The Kier molecular flexibility index (Phi) is 4.56. The van der Waals surface area contributed by atoms with Gasteiger partial charge in [-0.1, -0.05) is 6.07 Å². The number of piperidine rings is 1. The van der Waals surface area contributed by atoms with Gasteiger partial charge in [0.05, 0.1) is 18.8 Å². The minimum atomic E-state index is -0.312. The van der Waals surface area contributed by atoms with Crippen LogP contribution >= 0.6 is 0 Å². The zero-order valence-electron chi connectivity index (χ0n) is 14.7.